The monoisotopic (exact) mass is 542 g/mol. The Bertz CT molecular complexity index is 1220. The third-order valence-electron chi connectivity index (χ3n) is 12.5. The number of nitriles is 1. The molecule has 2 N–H and O–H groups in total. The minimum absolute atomic E-state index is 0.0288. The summed E-state index contributed by atoms with van der Waals surface area (Å²) in [5, 5.41) is 23.4. The highest BCUT2D eigenvalue weighted by Crippen LogP contribution is 2.73. The number of nitrogens with zero attached hydrogens (tertiary/aromatic N) is 1. The van der Waals surface area contributed by atoms with Gasteiger partial charge < -0.3 is 10.4 Å². The van der Waals surface area contributed by atoms with Crippen molar-refractivity contribution in [1.82, 2.24) is 5.32 Å². The first kappa shape index (κ1) is 28.3. The summed E-state index contributed by atoms with van der Waals surface area (Å²) < 4.78 is 28.3. The molecule has 1 amide bonds. The van der Waals surface area contributed by atoms with E-state index in [4.69, 9.17) is 0 Å². The second kappa shape index (κ2) is 8.40. The van der Waals surface area contributed by atoms with Crippen LogP contribution in [0.15, 0.2) is 23.0 Å². The van der Waals surface area contributed by atoms with Crippen LogP contribution >= 0.6 is 0 Å². The number of hydrogen-bond acceptors (Lipinski definition) is 4. The predicted molar refractivity (Wildman–Crippen MR) is 145 cm³/mol. The Morgan fingerprint density at radius 1 is 1.10 bits per heavy atom. The molecule has 0 aromatic heterocycles. The van der Waals surface area contributed by atoms with Crippen molar-refractivity contribution in [2.75, 3.05) is 0 Å². The average molecular weight is 543 g/mol. The maximum atomic E-state index is 14.4. The van der Waals surface area contributed by atoms with Gasteiger partial charge in [-0.05, 0) is 90.9 Å². The van der Waals surface area contributed by atoms with Crippen molar-refractivity contribution in [2.45, 2.75) is 111 Å². The molecule has 3 saturated carbocycles. The molecule has 5 aliphatic rings. The maximum Gasteiger partial charge on any atom is 0.321 e. The van der Waals surface area contributed by atoms with Gasteiger partial charge in [-0.2, -0.15) is 14.0 Å². The Morgan fingerprint density at radius 3 is 2.36 bits per heavy atom. The van der Waals surface area contributed by atoms with Crippen LogP contribution in [0.3, 0.4) is 0 Å². The van der Waals surface area contributed by atoms with Crippen LogP contribution in [0.2, 0.25) is 0 Å². The van der Waals surface area contributed by atoms with E-state index in [1.807, 2.05) is 13.0 Å². The van der Waals surface area contributed by atoms with E-state index in [-0.39, 0.29) is 46.0 Å². The van der Waals surface area contributed by atoms with Crippen LogP contribution in [0.4, 0.5) is 8.78 Å². The minimum Gasteiger partial charge on any atom is -0.511 e. The number of amides is 1. The van der Waals surface area contributed by atoms with E-state index in [9.17, 15) is 28.7 Å². The molecule has 3 fully saturated rings. The van der Waals surface area contributed by atoms with Gasteiger partial charge in [-0.25, -0.2) is 0 Å². The lowest BCUT2D eigenvalue weighted by atomic mass is 9.35. The van der Waals surface area contributed by atoms with Crippen LogP contribution in [0, 0.1) is 56.7 Å². The third-order valence-corrected chi connectivity index (χ3v) is 12.5. The average Bonchev–Trinajstić information content (AvgIpc) is 2.83. The molecule has 0 saturated heterocycles. The molecule has 0 radical (unpaired) electrons. The van der Waals surface area contributed by atoms with Crippen molar-refractivity contribution in [2.24, 2.45) is 45.3 Å². The van der Waals surface area contributed by atoms with Crippen molar-refractivity contribution in [3.63, 3.8) is 0 Å². The van der Waals surface area contributed by atoms with Gasteiger partial charge in [-0.15, -0.1) is 0 Å². The fourth-order valence-electron chi connectivity index (χ4n) is 10.1. The Labute approximate surface area is 231 Å². The molecule has 0 heterocycles. The molecule has 0 aliphatic heterocycles. The van der Waals surface area contributed by atoms with Crippen molar-refractivity contribution < 1.29 is 23.5 Å². The van der Waals surface area contributed by atoms with Crippen LogP contribution in [-0.2, 0) is 9.59 Å². The zero-order chi connectivity index (χ0) is 29.0. The van der Waals surface area contributed by atoms with Crippen LogP contribution in [-0.4, -0.2) is 28.3 Å². The molecule has 0 aromatic carbocycles. The van der Waals surface area contributed by atoms with Gasteiger partial charge in [0, 0.05) is 24.3 Å². The fourth-order valence-corrected chi connectivity index (χ4v) is 10.1. The summed E-state index contributed by atoms with van der Waals surface area (Å²) in [6, 6.07) is 2.22. The molecule has 0 spiro atoms. The van der Waals surface area contributed by atoms with Crippen molar-refractivity contribution in [3.8, 4) is 6.07 Å². The maximum absolute atomic E-state index is 14.4. The summed E-state index contributed by atoms with van der Waals surface area (Å²) in [6.45, 7) is 13.6. The number of aliphatic hydroxyl groups excluding tert-OH is 1. The SMILES string of the molecule is C[C@@H]1C(O)=C(C#N)C[C@]2(C)C3=CC(=O)C4C5CC(C)(C)CC[C@]5(NC(=O)C(C)(F)F)CC[C@@]4(C)[C@]3(C)CC[C@@H]12. The minimum atomic E-state index is -3.48. The molecule has 5 nitrogen and oxygen atoms in total. The number of alkyl halides is 2. The van der Waals surface area contributed by atoms with E-state index in [1.54, 1.807) is 0 Å². The highest BCUT2D eigenvalue weighted by atomic mass is 19.3. The molecule has 39 heavy (non-hydrogen) atoms. The van der Waals surface area contributed by atoms with Crippen LogP contribution in [0.5, 0.6) is 0 Å². The summed E-state index contributed by atoms with van der Waals surface area (Å²) in [7, 11) is 0. The van der Waals surface area contributed by atoms with Crippen LogP contribution in [0.1, 0.15) is 99.8 Å². The summed E-state index contributed by atoms with van der Waals surface area (Å²) >= 11 is 0. The Kier molecular flexibility index (Phi) is 6.09. The smallest absolute Gasteiger partial charge is 0.321 e. The second-order valence-corrected chi connectivity index (χ2v) is 15.2. The molecule has 0 bridgehead atoms. The molecule has 5 aliphatic carbocycles. The topological polar surface area (TPSA) is 90.2 Å². The quantitative estimate of drug-likeness (QED) is 0.391. The number of halogens is 2. The van der Waals surface area contributed by atoms with Gasteiger partial charge in [0.15, 0.2) is 5.78 Å². The Balaban J connectivity index is 1.63. The van der Waals surface area contributed by atoms with Gasteiger partial charge in [-0.1, -0.05) is 47.1 Å². The zero-order valence-corrected chi connectivity index (χ0v) is 24.5. The van der Waals surface area contributed by atoms with Gasteiger partial charge >= 0.3 is 5.92 Å². The van der Waals surface area contributed by atoms with E-state index >= 15 is 0 Å². The van der Waals surface area contributed by atoms with Crippen LogP contribution < -0.4 is 5.32 Å². The molecular formula is C32H44F2N2O3. The third kappa shape index (κ3) is 3.79. The number of ketones is 1. The number of fused-ring (bicyclic) bond motifs is 7. The first-order valence-corrected chi connectivity index (χ1v) is 14.6. The summed E-state index contributed by atoms with van der Waals surface area (Å²) in [5.74, 6) is -5.16. The lowest BCUT2D eigenvalue weighted by Crippen LogP contribution is -2.70. The number of allylic oxidation sites excluding steroid dienone is 4. The fraction of sp³-hybridized carbons (Fsp3) is 0.781. The standard InChI is InChI=1S/C32H44F2N2O3/c1-18-20-8-9-29(5)23(28(20,4)15-19(17-35)25(18)38)14-22(37)24-21-16-27(2,3)10-12-32(21,13-11-30(24,29)6)36-26(39)31(7,33)34/h14,18,20-21,24,38H,8-13,15-16H2,1-7H3,(H,36,39)/t18-,20-,21?,24?,28-,29+,30+,32-/m0/s1. The van der Waals surface area contributed by atoms with Gasteiger partial charge in [0.2, 0.25) is 0 Å². The summed E-state index contributed by atoms with van der Waals surface area (Å²) in [4.78, 5) is 27.0. The molecule has 5 rings (SSSR count). The number of nitrogens with one attached hydrogen (secondary N) is 1. The highest BCUT2D eigenvalue weighted by Gasteiger charge is 2.69. The highest BCUT2D eigenvalue weighted by molar-refractivity contribution is 5.96. The molecular weight excluding hydrogens is 498 g/mol. The number of rotatable bonds is 2. The lowest BCUT2D eigenvalue weighted by Gasteiger charge is -2.69. The number of carbonyl (C=O) groups is 2. The van der Waals surface area contributed by atoms with Gasteiger partial charge in [0.25, 0.3) is 5.91 Å². The summed E-state index contributed by atoms with van der Waals surface area (Å²) in [5.41, 5.74) is -0.551. The zero-order valence-electron chi connectivity index (χ0n) is 24.5. The number of aliphatic hydroxyl groups is 1. The number of carbonyl (C=O) groups excluding carboxylic acids is 2. The van der Waals surface area contributed by atoms with E-state index in [1.165, 1.54) is 0 Å². The van der Waals surface area contributed by atoms with Crippen molar-refractivity contribution in [3.05, 3.63) is 23.0 Å². The predicted octanol–water partition coefficient (Wildman–Crippen LogP) is 7.05. The van der Waals surface area contributed by atoms with Crippen LogP contribution in [0.25, 0.3) is 0 Å². The number of hydrogen-bond donors (Lipinski definition) is 2. The van der Waals surface area contributed by atoms with E-state index in [2.05, 4.69) is 46.0 Å². The van der Waals surface area contributed by atoms with Gasteiger partial charge in [0.05, 0.1) is 11.6 Å². The van der Waals surface area contributed by atoms with Gasteiger partial charge in [0.1, 0.15) is 5.76 Å². The molecule has 8 atom stereocenters. The Hall–Kier alpha value is -2.23. The van der Waals surface area contributed by atoms with E-state index in [0.29, 0.717) is 44.6 Å². The van der Waals surface area contributed by atoms with E-state index in [0.717, 1.165) is 24.8 Å². The molecule has 7 heteroatoms. The largest absolute Gasteiger partial charge is 0.511 e. The first-order chi connectivity index (χ1) is 17.9. The second-order valence-electron chi connectivity index (χ2n) is 15.2. The van der Waals surface area contributed by atoms with Crippen molar-refractivity contribution >= 4 is 11.7 Å². The van der Waals surface area contributed by atoms with Gasteiger partial charge in [-0.3, -0.25) is 9.59 Å². The molecule has 214 valence electrons. The first-order valence-electron chi connectivity index (χ1n) is 14.6. The normalized spacial score (nSPS) is 45.1. The van der Waals surface area contributed by atoms with Crippen molar-refractivity contribution in [1.29, 1.82) is 5.26 Å². The lowest BCUT2D eigenvalue weighted by molar-refractivity contribution is -0.168. The van der Waals surface area contributed by atoms with E-state index < -0.39 is 28.2 Å². The molecule has 0 aromatic rings. The summed E-state index contributed by atoms with van der Waals surface area (Å²) in [6.07, 6.45) is 7.32. The molecule has 2 unspecified atom stereocenters. The Morgan fingerprint density at radius 2 is 1.74 bits per heavy atom.